The number of hydrogen-bond acceptors (Lipinski definition) is 0. The number of fused-ring (bicyclic) bond motifs is 1. The second-order valence-corrected chi connectivity index (χ2v) is 5.65. The van der Waals surface area contributed by atoms with Crippen molar-refractivity contribution >= 4 is 0 Å². The average molecular weight is 166 g/mol. The summed E-state index contributed by atoms with van der Waals surface area (Å²) >= 11 is 0. The molecule has 0 radical (unpaired) electrons. The van der Waals surface area contributed by atoms with Crippen molar-refractivity contribution in [1.82, 2.24) is 0 Å². The van der Waals surface area contributed by atoms with E-state index in [9.17, 15) is 0 Å². The number of rotatable bonds is 1. The monoisotopic (exact) mass is 166 g/mol. The molecule has 2 aliphatic rings. The second-order valence-electron chi connectivity index (χ2n) is 5.65. The van der Waals surface area contributed by atoms with Gasteiger partial charge in [-0.25, -0.2) is 0 Å². The molecule has 2 aliphatic carbocycles. The van der Waals surface area contributed by atoms with Gasteiger partial charge >= 0.3 is 0 Å². The highest BCUT2D eigenvalue weighted by Crippen LogP contribution is 2.69. The predicted molar refractivity (Wildman–Crippen MR) is 52.9 cm³/mol. The lowest BCUT2D eigenvalue weighted by Gasteiger charge is -2.16. The van der Waals surface area contributed by atoms with Gasteiger partial charge in [-0.2, -0.15) is 0 Å². The van der Waals surface area contributed by atoms with E-state index in [1.165, 1.54) is 19.3 Å². The first-order valence-electron chi connectivity index (χ1n) is 5.56. The van der Waals surface area contributed by atoms with Crippen molar-refractivity contribution in [3.05, 3.63) is 0 Å². The molecule has 0 amide bonds. The Morgan fingerprint density at radius 2 is 1.83 bits per heavy atom. The number of hydrogen-bond donors (Lipinski definition) is 0. The highest BCUT2D eigenvalue weighted by atomic mass is 14.7. The SMILES string of the molecule is CC1CCC2C(C1)C2(C)C(C)C. The van der Waals surface area contributed by atoms with Gasteiger partial charge in [0.05, 0.1) is 0 Å². The molecule has 0 saturated heterocycles. The molecule has 0 bridgehead atoms. The average Bonchev–Trinajstić information content (AvgIpc) is 2.58. The highest BCUT2D eigenvalue weighted by molar-refractivity contribution is 5.11. The van der Waals surface area contributed by atoms with Gasteiger partial charge < -0.3 is 0 Å². The van der Waals surface area contributed by atoms with Gasteiger partial charge in [0.2, 0.25) is 0 Å². The third-order valence-electron chi connectivity index (χ3n) is 4.85. The fourth-order valence-corrected chi connectivity index (χ4v) is 3.52. The Kier molecular flexibility index (Phi) is 1.79. The Hall–Kier alpha value is 0. The third kappa shape index (κ3) is 0.963. The second kappa shape index (κ2) is 2.49. The van der Waals surface area contributed by atoms with E-state index in [4.69, 9.17) is 0 Å². The summed E-state index contributed by atoms with van der Waals surface area (Å²) in [6, 6.07) is 0. The molecule has 0 aromatic heterocycles. The van der Waals surface area contributed by atoms with E-state index >= 15 is 0 Å². The Balaban J connectivity index is 2.06. The van der Waals surface area contributed by atoms with Crippen LogP contribution in [0.1, 0.15) is 47.0 Å². The van der Waals surface area contributed by atoms with Gasteiger partial charge in [0.1, 0.15) is 0 Å². The van der Waals surface area contributed by atoms with Crippen molar-refractivity contribution in [1.29, 1.82) is 0 Å². The van der Waals surface area contributed by atoms with Crippen LogP contribution in [0.3, 0.4) is 0 Å². The molecule has 0 N–H and O–H groups in total. The van der Waals surface area contributed by atoms with Crippen LogP contribution in [-0.2, 0) is 0 Å². The highest BCUT2D eigenvalue weighted by Gasteiger charge is 2.62. The quantitative estimate of drug-likeness (QED) is 0.557. The Morgan fingerprint density at radius 3 is 2.33 bits per heavy atom. The maximum absolute atomic E-state index is 2.52. The molecule has 12 heavy (non-hydrogen) atoms. The van der Waals surface area contributed by atoms with Crippen LogP contribution < -0.4 is 0 Å². The van der Waals surface area contributed by atoms with E-state index in [1.807, 2.05) is 0 Å². The largest absolute Gasteiger partial charge is 0.0625 e. The first-order chi connectivity index (χ1) is 5.56. The van der Waals surface area contributed by atoms with Crippen molar-refractivity contribution in [2.24, 2.45) is 29.1 Å². The van der Waals surface area contributed by atoms with Crippen LogP contribution in [0.15, 0.2) is 0 Å². The Bertz CT molecular complexity index is 182. The molecule has 70 valence electrons. The lowest BCUT2D eigenvalue weighted by atomic mass is 9.89. The summed E-state index contributed by atoms with van der Waals surface area (Å²) in [6.07, 6.45) is 4.52. The van der Waals surface area contributed by atoms with Crippen LogP contribution in [0.5, 0.6) is 0 Å². The maximum Gasteiger partial charge on any atom is -0.0240 e. The minimum atomic E-state index is 0.727. The lowest BCUT2D eigenvalue weighted by molar-refractivity contribution is 0.333. The Morgan fingerprint density at radius 1 is 1.17 bits per heavy atom. The van der Waals surface area contributed by atoms with Crippen molar-refractivity contribution in [2.75, 3.05) is 0 Å². The topological polar surface area (TPSA) is 0 Å². The van der Waals surface area contributed by atoms with Crippen LogP contribution in [0.4, 0.5) is 0 Å². The van der Waals surface area contributed by atoms with Gasteiger partial charge in [-0.15, -0.1) is 0 Å². The molecular weight excluding hydrogens is 144 g/mol. The summed E-state index contributed by atoms with van der Waals surface area (Å²) in [6.45, 7) is 9.76. The Labute approximate surface area is 76.7 Å². The first-order valence-corrected chi connectivity index (χ1v) is 5.56. The van der Waals surface area contributed by atoms with E-state index < -0.39 is 0 Å². The fraction of sp³-hybridized carbons (Fsp3) is 1.00. The van der Waals surface area contributed by atoms with E-state index in [0.29, 0.717) is 0 Å². The molecule has 0 heteroatoms. The summed E-state index contributed by atoms with van der Waals surface area (Å²) in [5.41, 5.74) is 0.727. The standard InChI is InChI=1S/C12H22/c1-8(2)12(4)10-6-5-9(3)7-11(10)12/h8-11H,5-7H2,1-4H3. The molecule has 4 atom stereocenters. The summed E-state index contributed by atoms with van der Waals surface area (Å²) in [7, 11) is 0. The molecule has 2 rings (SSSR count). The van der Waals surface area contributed by atoms with Crippen LogP contribution in [0.2, 0.25) is 0 Å². The van der Waals surface area contributed by atoms with Gasteiger partial charge in [-0.05, 0) is 41.9 Å². The molecule has 4 unspecified atom stereocenters. The van der Waals surface area contributed by atoms with Crippen LogP contribution in [0, 0.1) is 29.1 Å². The maximum atomic E-state index is 2.52. The zero-order chi connectivity index (χ0) is 8.93. The predicted octanol–water partition coefficient (Wildman–Crippen LogP) is 3.71. The lowest BCUT2D eigenvalue weighted by Crippen LogP contribution is -2.08. The molecule has 0 aliphatic heterocycles. The van der Waals surface area contributed by atoms with E-state index in [0.717, 1.165) is 29.1 Å². The zero-order valence-electron chi connectivity index (χ0n) is 8.93. The zero-order valence-corrected chi connectivity index (χ0v) is 8.93. The molecule has 2 saturated carbocycles. The summed E-state index contributed by atoms with van der Waals surface area (Å²) < 4.78 is 0. The van der Waals surface area contributed by atoms with E-state index in [2.05, 4.69) is 27.7 Å². The first kappa shape index (κ1) is 8.59. The smallest absolute Gasteiger partial charge is 0.0240 e. The summed E-state index contributed by atoms with van der Waals surface area (Å²) in [5, 5.41) is 0. The normalized spacial score (nSPS) is 52.2. The van der Waals surface area contributed by atoms with Crippen LogP contribution >= 0.6 is 0 Å². The van der Waals surface area contributed by atoms with Crippen LogP contribution in [-0.4, -0.2) is 0 Å². The third-order valence-corrected chi connectivity index (χ3v) is 4.85. The van der Waals surface area contributed by atoms with Crippen LogP contribution in [0.25, 0.3) is 0 Å². The van der Waals surface area contributed by atoms with Gasteiger partial charge in [0, 0.05) is 0 Å². The van der Waals surface area contributed by atoms with Crippen molar-refractivity contribution in [3.63, 3.8) is 0 Å². The molecular formula is C12H22. The van der Waals surface area contributed by atoms with E-state index in [-0.39, 0.29) is 0 Å². The van der Waals surface area contributed by atoms with Gasteiger partial charge in [-0.3, -0.25) is 0 Å². The molecule has 2 fully saturated rings. The van der Waals surface area contributed by atoms with Gasteiger partial charge in [0.15, 0.2) is 0 Å². The summed E-state index contributed by atoms with van der Waals surface area (Å²) in [4.78, 5) is 0. The van der Waals surface area contributed by atoms with Crippen molar-refractivity contribution in [3.8, 4) is 0 Å². The minimum Gasteiger partial charge on any atom is -0.0625 e. The van der Waals surface area contributed by atoms with Crippen molar-refractivity contribution < 1.29 is 0 Å². The molecule has 0 spiro atoms. The molecule has 0 aromatic carbocycles. The minimum absolute atomic E-state index is 0.727. The molecule has 0 heterocycles. The van der Waals surface area contributed by atoms with Gasteiger partial charge in [0.25, 0.3) is 0 Å². The van der Waals surface area contributed by atoms with Crippen molar-refractivity contribution in [2.45, 2.75) is 47.0 Å². The fourth-order valence-electron chi connectivity index (χ4n) is 3.52. The molecule has 0 aromatic rings. The molecule has 0 nitrogen and oxygen atoms in total. The van der Waals surface area contributed by atoms with Gasteiger partial charge in [-0.1, -0.05) is 34.1 Å². The van der Waals surface area contributed by atoms with E-state index in [1.54, 1.807) is 0 Å². The summed E-state index contributed by atoms with van der Waals surface area (Å²) in [5.74, 6) is 4.08.